The third-order valence-electron chi connectivity index (χ3n) is 4.23. The molecular formula is C16H34O6P2. The molecule has 0 saturated heterocycles. The zero-order valence-corrected chi connectivity index (χ0v) is 17.4. The van der Waals surface area contributed by atoms with Crippen molar-refractivity contribution < 1.29 is 27.2 Å². The van der Waals surface area contributed by atoms with Gasteiger partial charge in [0.2, 0.25) is 0 Å². The highest BCUT2D eigenvalue weighted by molar-refractivity contribution is 7.54. The topological polar surface area (TPSA) is 71.1 Å². The molecule has 1 aliphatic carbocycles. The second-order valence-electron chi connectivity index (χ2n) is 6.14. The molecule has 0 radical (unpaired) electrons. The second-order valence-corrected chi connectivity index (χ2v) is 10.4. The highest BCUT2D eigenvalue weighted by Crippen LogP contribution is 2.54. The van der Waals surface area contributed by atoms with Crippen molar-refractivity contribution in [1.29, 1.82) is 0 Å². The summed E-state index contributed by atoms with van der Waals surface area (Å²) in [6.45, 7) is 8.94. The highest BCUT2D eigenvalue weighted by atomic mass is 31.2. The van der Waals surface area contributed by atoms with Crippen molar-refractivity contribution in [3.05, 3.63) is 0 Å². The van der Waals surface area contributed by atoms with Gasteiger partial charge < -0.3 is 18.1 Å². The number of rotatable bonds is 12. The number of hydrogen-bond donors (Lipinski definition) is 0. The average molecular weight is 384 g/mol. The Morgan fingerprint density at radius 3 is 1.08 bits per heavy atom. The molecule has 1 fully saturated rings. The SMILES string of the molecule is CCOP(=O)(CC1CCC(CP(=O)(OCC)OCC)CC1)OCC. The van der Waals surface area contributed by atoms with Crippen molar-refractivity contribution in [3.63, 3.8) is 0 Å². The molecule has 1 saturated carbocycles. The van der Waals surface area contributed by atoms with E-state index in [1.54, 1.807) is 0 Å². The minimum Gasteiger partial charge on any atom is -0.309 e. The maximum atomic E-state index is 12.6. The van der Waals surface area contributed by atoms with Crippen molar-refractivity contribution in [2.24, 2.45) is 11.8 Å². The summed E-state index contributed by atoms with van der Waals surface area (Å²) in [5, 5.41) is 0. The predicted octanol–water partition coefficient (Wildman–Crippen LogP) is 5.33. The zero-order valence-electron chi connectivity index (χ0n) is 15.6. The van der Waals surface area contributed by atoms with Gasteiger partial charge in [-0.25, -0.2) is 0 Å². The van der Waals surface area contributed by atoms with Crippen molar-refractivity contribution in [3.8, 4) is 0 Å². The first-order chi connectivity index (χ1) is 11.4. The standard InChI is InChI=1S/C16H34O6P2/c1-5-19-23(17,20-6-2)13-15-9-11-16(12-10-15)14-24(18,21-7-3)22-8-4/h15-16H,5-14H2,1-4H3. The number of hydrogen-bond acceptors (Lipinski definition) is 6. The van der Waals surface area contributed by atoms with Gasteiger partial charge in [-0.05, 0) is 65.2 Å². The third kappa shape index (κ3) is 7.68. The molecule has 0 spiro atoms. The second kappa shape index (κ2) is 11.1. The van der Waals surface area contributed by atoms with Crippen LogP contribution < -0.4 is 0 Å². The van der Waals surface area contributed by atoms with Crippen LogP contribution >= 0.6 is 15.2 Å². The van der Waals surface area contributed by atoms with Crippen LogP contribution in [0.5, 0.6) is 0 Å². The minimum absolute atomic E-state index is 0.337. The smallest absolute Gasteiger partial charge is 0.309 e. The van der Waals surface area contributed by atoms with Crippen LogP contribution in [0.4, 0.5) is 0 Å². The predicted molar refractivity (Wildman–Crippen MR) is 96.9 cm³/mol. The fraction of sp³-hybridized carbons (Fsp3) is 1.00. The van der Waals surface area contributed by atoms with Crippen molar-refractivity contribution in [2.45, 2.75) is 53.4 Å². The summed E-state index contributed by atoms with van der Waals surface area (Å²) >= 11 is 0. The van der Waals surface area contributed by atoms with Crippen LogP contribution in [0.15, 0.2) is 0 Å². The van der Waals surface area contributed by atoms with Gasteiger partial charge in [0.1, 0.15) is 0 Å². The van der Waals surface area contributed by atoms with Crippen LogP contribution in [0.25, 0.3) is 0 Å². The maximum absolute atomic E-state index is 12.6. The molecule has 0 aliphatic heterocycles. The largest absolute Gasteiger partial charge is 0.330 e. The van der Waals surface area contributed by atoms with E-state index in [1.807, 2.05) is 27.7 Å². The van der Waals surface area contributed by atoms with E-state index >= 15 is 0 Å². The summed E-state index contributed by atoms with van der Waals surface area (Å²) in [5.41, 5.74) is 0. The molecule has 0 aromatic rings. The highest BCUT2D eigenvalue weighted by Gasteiger charge is 2.34. The molecule has 0 aromatic heterocycles. The molecule has 8 heteroatoms. The minimum atomic E-state index is -2.97. The van der Waals surface area contributed by atoms with Crippen LogP contribution in [0, 0.1) is 11.8 Å². The van der Waals surface area contributed by atoms with Crippen LogP contribution in [-0.2, 0) is 27.2 Å². The van der Waals surface area contributed by atoms with E-state index < -0.39 is 15.2 Å². The Balaban J connectivity index is 2.51. The molecular weight excluding hydrogens is 350 g/mol. The first-order valence-corrected chi connectivity index (χ1v) is 12.6. The van der Waals surface area contributed by atoms with Crippen molar-refractivity contribution >= 4 is 15.2 Å². The van der Waals surface area contributed by atoms with E-state index in [-0.39, 0.29) is 0 Å². The molecule has 1 rings (SSSR count). The molecule has 0 bridgehead atoms. The Morgan fingerprint density at radius 2 is 0.875 bits per heavy atom. The zero-order chi connectivity index (χ0) is 18.1. The molecule has 0 heterocycles. The van der Waals surface area contributed by atoms with E-state index in [9.17, 15) is 9.13 Å². The van der Waals surface area contributed by atoms with E-state index in [0.29, 0.717) is 50.6 Å². The first kappa shape index (κ1) is 22.3. The van der Waals surface area contributed by atoms with Gasteiger partial charge in [-0.2, -0.15) is 0 Å². The molecule has 6 nitrogen and oxygen atoms in total. The van der Waals surface area contributed by atoms with Crippen LogP contribution in [0.2, 0.25) is 0 Å². The molecule has 1 aliphatic rings. The van der Waals surface area contributed by atoms with Crippen molar-refractivity contribution in [2.75, 3.05) is 38.8 Å². The molecule has 0 amide bonds. The summed E-state index contributed by atoms with van der Waals surface area (Å²) in [5.74, 6) is 0.674. The van der Waals surface area contributed by atoms with Crippen molar-refractivity contribution in [1.82, 2.24) is 0 Å². The van der Waals surface area contributed by atoms with E-state index in [4.69, 9.17) is 18.1 Å². The lowest BCUT2D eigenvalue weighted by Gasteiger charge is -2.31. The van der Waals surface area contributed by atoms with E-state index in [1.165, 1.54) is 0 Å². The summed E-state index contributed by atoms with van der Waals surface area (Å²) in [6.07, 6.45) is 4.77. The molecule has 144 valence electrons. The quantitative estimate of drug-likeness (QED) is 0.424. The summed E-state index contributed by atoms with van der Waals surface area (Å²) in [7, 11) is -5.95. The third-order valence-corrected chi connectivity index (χ3v) is 8.77. The molecule has 0 aromatic carbocycles. The summed E-state index contributed by atoms with van der Waals surface area (Å²) in [4.78, 5) is 0. The Bertz CT molecular complexity index is 374. The Morgan fingerprint density at radius 1 is 0.625 bits per heavy atom. The van der Waals surface area contributed by atoms with Crippen LogP contribution in [0.1, 0.15) is 53.4 Å². The molecule has 0 N–H and O–H groups in total. The van der Waals surface area contributed by atoms with Gasteiger partial charge in [0.15, 0.2) is 0 Å². The van der Waals surface area contributed by atoms with Gasteiger partial charge >= 0.3 is 15.2 Å². The van der Waals surface area contributed by atoms with Gasteiger partial charge in [-0.1, -0.05) is 0 Å². The maximum Gasteiger partial charge on any atom is 0.330 e. The van der Waals surface area contributed by atoms with Crippen LogP contribution in [-0.4, -0.2) is 38.8 Å². The van der Waals surface area contributed by atoms with Gasteiger partial charge in [-0.15, -0.1) is 0 Å². The normalized spacial score (nSPS) is 22.7. The molecule has 24 heavy (non-hydrogen) atoms. The van der Waals surface area contributed by atoms with Gasteiger partial charge in [0.05, 0.1) is 38.8 Å². The lowest BCUT2D eigenvalue weighted by molar-refractivity contribution is 0.199. The lowest BCUT2D eigenvalue weighted by atomic mass is 9.84. The fourth-order valence-corrected chi connectivity index (χ4v) is 7.44. The van der Waals surface area contributed by atoms with Crippen LogP contribution in [0.3, 0.4) is 0 Å². The Hall–Kier alpha value is 0.300. The van der Waals surface area contributed by atoms with Gasteiger partial charge in [-0.3, -0.25) is 9.13 Å². The molecule has 0 atom stereocenters. The average Bonchev–Trinajstić information content (AvgIpc) is 2.50. The lowest BCUT2D eigenvalue weighted by Crippen LogP contribution is -2.21. The monoisotopic (exact) mass is 384 g/mol. The van der Waals surface area contributed by atoms with E-state index in [0.717, 1.165) is 25.7 Å². The summed E-state index contributed by atoms with van der Waals surface area (Å²) in [6, 6.07) is 0. The fourth-order valence-electron chi connectivity index (χ4n) is 3.30. The first-order valence-electron chi connectivity index (χ1n) is 9.16. The van der Waals surface area contributed by atoms with Gasteiger partial charge in [0.25, 0.3) is 0 Å². The Kier molecular flexibility index (Phi) is 10.3. The molecule has 0 unspecified atom stereocenters. The Labute approximate surface area is 147 Å². The summed E-state index contributed by atoms with van der Waals surface area (Å²) < 4.78 is 46.8. The van der Waals surface area contributed by atoms with Gasteiger partial charge in [0, 0.05) is 0 Å². The van der Waals surface area contributed by atoms with E-state index in [2.05, 4.69) is 0 Å².